The van der Waals surface area contributed by atoms with Gasteiger partial charge in [0, 0.05) is 13.6 Å². The van der Waals surface area contributed by atoms with Gasteiger partial charge in [-0.2, -0.15) is 0 Å². The number of likely N-dealkylation sites (N-methyl/N-ethyl adjacent to an activating group) is 1. The summed E-state index contributed by atoms with van der Waals surface area (Å²) in [6, 6.07) is 6.87. The minimum atomic E-state index is -0.0170. The molecule has 0 saturated carbocycles. The zero-order valence-corrected chi connectivity index (χ0v) is 11.8. The molecule has 0 atom stereocenters. The van der Waals surface area contributed by atoms with Crippen LogP contribution in [0.25, 0.3) is 0 Å². The molecule has 1 heterocycles. The Labute approximate surface area is 119 Å². The first kappa shape index (κ1) is 14.8. The highest BCUT2D eigenvalue weighted by Crippen LogP contribution is 2.12. The van der Waals surface area contributed by atoms with Crippen molar-refractivity contribution in [2.24, 2.45) is 0 Å². The van der Waals surface area contributed by atoms with Crippen LogP contribution in [0.4, 0.5) is 0 Å². The number of nitrogens with one attached hydrogen (secondary N) is 1. The monoisotopic (exact) mass is 278 g/mol. The molecule has 0 unspecified atom stereocenters. The summed E-state index contributed by atoms with van der Waals surface area (Å²) in [5.74, 6) is 0.216. The van der Waals surface area contributed by atoms with Gasteiger partial charge in [-0.1, -0.05) is 12.1 Å². The van der Waals surface area contributed by atoms with Crippen LogP contribution in [0.3, 0.4) is 0 Å². The predicted octanol–water partition coefficient (Wildman–Crippen LogP) is 1.12. The second-order valence-electron chi connectivity index (χ2n) is 5.18. The number of hydrogen-bond acceptors (Lipinski definition) is 4. The zero-order chi connectivity index (χ0) is 14.4. The van der Waals surface area contributed by atoms with E-state index >= 15 is 0 Å². The van der Waals surface area contributed by atoms with E-state index in [-0.39, 0.29) is 24.4 Å². The van der Waals surface area contributed by atoms with Gasteiger partial charge in [-0.3, -0.25) is 4.79 Å². The SMILES string of the molecule is CN(Cc1ccc(O)cc1)C(=O)COC1CCNCC1. The smallest absolute Gasteiger partial charge is 0.248 e. The molecular weight excluding hydrogens is 256 g/mol. The number of hydrogen-bond donors (Lipinski definition) is 2. The number of benzene rings is 1. The molecule has 5 heteroatoms. The van der Waals surface area contributed by atoms with E-state index in [0.717, 1.165) is 31.5 Å². The van der Waals surface area contributed by atoms with Crippen molar-refractivity contribution in [1.29, 1.82) is 0 Å². The first-order chi connectivity index (χ1) is 9.65. The first-order valence-electron chi connectivity index (χ1n) is 6.99. The van der Waals surface area contributed by atoms with E-state index in [1.54, 1.807) is 24.1 Å². The number of carbonyl (C=O) groups is 1. The molecule has 2 N–H and O–H groups in total. The molecule has 1 aliphatic rings. The van der Waals surface area contributed by atoms with Crippen LogP contribution in [0.5, 0.6) is 5.75 Å². The Balaban J connectivity index is 1.75. The van der Waals surface area contributed by atoms with Crippen LogP contribution >= 0.6 is 0 Å². The van der Waals surface area contributed by atoms with Crippen LogP contribution in [0.1, 0.15) is 18.4 Å². The third-order valence-corrected chi connectivity index (χ3v) is 3.51. The average Bonchev–Trinajstić information content (AvgIpc) is 2.48. The summed E-state index contributed by atoms with van der Waals surface area (Å²) in [6.45, 7) is 2.58. The summed E-state index contributed by atoms with van der Waals surface area (Å²) in [6.07, 6.45) is 2.13. The van der Waals surface area contributed by atoms with Crippen molar-refractivity contribution in [3.05, 3.63) is 29.8 Å². The lowest BCUT2D eigenvalue weighted by Crippen LogP contribution is -2.36. The number of aromatic hydroxyl groups is 1. The molecule has 2 rings (SSSR count). The summed E-state index contributed by atoms with van der Waals surface area (Å²) in [5, 5.41) is 12.5. The summed E-state index contributed by atoms with van der Waals surface area (Å²) >= 11 is 0. The maximum absolute atomic E-state index is 12.0. The second kappa shape index (κ2) is 7.26. The summed E-state index contributed by atoms with van der Waals surface area (Å²) < 4.78 is 5.65. The number of rotatable bonds is 5. The molecule has 1 aromatic rings. The quantitative estimate of drug-likeness (QED) is 0.847. The molecule has 1 saturated heterocycles. The second-order valence-corrected chi connectivity index (χ2v) is 5.18. The largest absolute Gasteiger partial charge is 0.508 e. The topological polar surface area (TPSA) is 61.8 Å². The number of ether oxygens (including phenoxy) is 1. The molecule has 0 aromatic heterocycles. The molecule has 110 valence electrons. The van der Waals surface area contributed by atoms with Crippen LogP contribution in [-0.4, -0.2) is 48.8 Å². The van der Waals surface area contributed by atoms with Gasteiger partial charge in [0.05, 0.1) is 6.10 Å². The van der Waals surface area contributed by atoms with Gasteiger partial charge in [0.25, 0.3) is 0 Å². The molecule has 0 aliphatic carbocycles. The van der Waals surface area contributed by atoms with Crippen molar-refractivity contribution in [2.75, 3.05) is 26.7 Å². The van der Waals surface area contributed by atoms with E-state index < -0.39 is 0 Å². The number of nitrogens with zero attached hydrogens (tertiary/aromatic N) is 1. The average molecular weight is 278 g/mol. The third-order valence-electron chi connectivity index (χ3n) is 3.51. The standard InChI is InChI=1S/C15H22N2O3/c1-17(10-12-2-4-13(18)5-3-12)15(19)11-20-14-6-8-16-9-7-14/h2-5,14,16,18H,6-11H2,1H3. The van der Waals surface area contributed by atoms with E-state index in [1.807, 2.05) is 12.1 Å². The minimum Gasteiger partial charge on any atom is -0.508 e. The number of phenolic OH excluding ortho intramolecular Hbond substituents is 1. The van der Waals surface area contributed by atoms with Gasteiger partial charge in [-0.15, -0.1) is 0 Å². The molecule has 1 aliphatic heterocycles. The van der Waals surface area contributed by atoms with Crippen molar-refractivity contribution in [3.8, 4) is 5.75 Å². The highest BCUT2D eigenvalue weighted by Gasteiger charge is 2.16. The summed E-state index contributed by atoms with van der Waals surface area (Å²) in [5.41, 5.74) is 0.987. The Morgan fingerprint density at radius 3 is 2.65 bits per heavy atom. The fourth-order valence-electron chi connectivity index (χ4n) is 2.22. The van der Waals surface area contributed by atoms with Gasteiger partial charge in [0.1, 0.15) is 12.4 Å². The highest BCUT2D eigenvalue weighted by atomic mass is 16.5. The van der Waals surface area contributed by atoms with Gasteiger partial charge in [-0.05, 0) is 43.6 Å². The van der Waals surface area contributed by atoms with Crippen molar-refractivity contribution in [2.45, 2.75) is 25.5 Å². The van der Waals surface area contributed by atoms with Crippen molar-refractivity contribution in [1.82, 2.24) is 10.2 Å². The number of carbonyl (C=O) groups excluding carboxylic acids is 1. The Kier molecular flexibility index (Phi) is 5.38. The molecular formula is C15H22N2O3. The Bertz CT molecular complexity index is 427. The summed E-state index contributed by atoms with van der Waals surface area (Å²) in [4.78, 5) is 13.6. The van der Waals surface area contributed by atoms with E-state index in [4.69, 9.17) is 4.74 Å². The van der Waals surface area contributed by atoms with E-state index in [0.29, 0.717) is 6.54 Å². The fourth-order valence-corrected chi connectivity index (χ4v) is 2.22. The van der Waals surface area contributed by atoms with E-state index in [2.05, 4.69) is 5.32 Å². The maximum Gasteiger partial charge on any atom is 0.248 e. The lowest BCUT2D eigenvalue weighted by atomic mass is 10.1. The van der Waals surface area contributed by atoms with Crippen LogP contribution in [0.2, 0.25) is 0 Å². The van der Waals surface area contributed by atoms with E-state index in [1.165, 1.54) is 0 Å². The summed E-state index contributed by atoms with van der Waals surface area (Å²) in [7, 11) is 1.76. The van der Waals surface area contributed by atoms with Gasteiger partial charge in [-0.25, -0.2) is 0 Å². The molecule has 20 heavy (non-hydrogen) atoms. The van der Waals surface area contributed by atoms with Crippen molar-refractivity contribution < 1.29 is 14.6 Å². The molecule has 0 bridgehead atoms. The first-order valence-corrected chi connectivity index (χ1v) is 6.99. The molecule has 0 spiro atoms. The van der Waals surface area contributed by atoms with Crippen LogP contribution < -0.4 is 5.32 Å². The highest BCUT2D eigenvalue weighted by molar-refractivity contribution is 5.77. The van der Waals surface area contributed by atoms with Gasteiger partial charge in [0.15, 0.2) is 0 Å². The van der Waals surface area contributed by atoms with Gasteiger partial charge >= 0.3 is 0 Å². The zero-order valence-electron chi connectivity index (χ0n) is 11.8. The van der Waals surface area contributed by atoms with Crippen molar-refractivity contribution >= 4 is 5.91 Å². The third kappa shape index (κ3) is 4.51. The molecule has 5 nitrogen and oxygen atoms in total. The predicted molar refractivity (Wildman–Crippen MR) is 76.4 cm³/mol. The van der Waals surface area contributed by atoms with Crippen LogP contribution in [-0.2, 0) is 16.1 Å². The number of phenols is 1. The molecule has 0 radical (unpaired) electrons. The lowest BCUT2D eigenvalue weighted by Gasteiger charge is -2.24. The minimum absolute atomic E-state index is 0.0170. The van der Waals surface area contributed by atoms with Crippen LogP contribution in [0.15, 0.2) is 24.3 Å². The van der Waals surface area contributed by atoms with Crippen molar-refractivity contribution in [3.63, 3.8) is 0 Å². The maximum atomic E-state index is 12.0. The Hall–Kier alpha value is -1.59. The number of amides is 1. The number of piperidine rings is 1. The van der Waals surface area contributed by atoms with Gasteiger partial charge in [0.2, 0.25) is 5.91 Å². The Morgan fingerprint density at radius 2 is 2.00 bits per heavy atom. The van der Waals surface area contributed by atoms with E-state index in [9.17, 15) is 9.90 Å². The van der Waals surface area contributed by atoms with Crippen LogP contribution in [0, 0.1) is 0 Å². The molecule has 1 aromatic carbocycles. The fraction of sp³-hybridized carbons (Fsp3) is 0.533. The lowest BCUT2D eigenvalue weighted by molar-refractivity contribution is -0.137. The van der Waals surface area contributed by atoms with Gasteiger partial charge < -0.3 is 20.1 Å². The molecule has 1 amide bonds. The Morgan fingerprint density at radius 1 is 1.35 bits per heavy atom. The molecule has 1 fully saturated rings. The normalized spacial score (nSPS) is 16.1.